The van der Waals surface area contributed by atoms with Crippen molar-refractivity contribution in [3.63, 3.8) is 0 Å². The molecule has 0 aliphatic heterocycles. The van der Waals surface area contributed by atoms with Crippen molar-refractivity contribution < 1.29 is 9.53 Å². The Morgan fingerprint density at radius 3 is 2.78 bits per heavy atom. The molecule has 0 aliphatic rings. The number of hydrogen-bond acceptors (Lipinski definition) is 4. The normalized spacial score (nSPS) is 9.83. The van der Waals surface area contributed by atoms with E-state index < -0.39 is 0 Å². The van der Waals surface area contributed by atoms with Gasteiger partial charge in [-0.25, -0.2) is 4.98 Å². The SMILES string of the molecule is CCOc1ccccc1Nc1ccc(C=O)cn1. The zero-order valence-corrected chi connectivity index (χ0v) is 10.1. The summed E-state index contributed by atoms with van der Waals surface area (Å²) in [5.41, 5.74) is 1.41. The fourth-order valence-corrected chi connectivity index (χ4v) is 1.54. The molecule has 1 N–H and O–H groups in total. The van der Waals surface area contributed by atoms with Crippen LogP contribution in [-0.2, 0) is 0 Å². The maximum Gasteiger partial charge on any atom is 0.151 e. The highest BCUT2D eigenvalue weighted by molar-refractivity contribution is 5.75. The van der Waals surface area contributed by atoms with Crippen LogP contribution in [0.3, 0.4) is 0 Å². The molecule has 1 aromatic heterocycles. The van der Waals surface area contributed by atoms with Crippen LogP contribution in [0.1, 0.15) is 17.3 Å². The minimum atomic E-state index is 0.554. The van der Waals surface area contributed by atoms with Gasteiger partial charge >= 0.3 is 0 Å². The summed E-state index contributed by atoms with van der Waals surface area (Å²) in [5, 5.41) is 3.16. The fraction of sp³-hybridized carbons (Fsp3) is 0.143. The Morgan fingerprint density at radius 1 is 1.28 bits per heavy atom. The molecule has 0 radical (unpaired) electrons. The molecule has 0 unspecified atom stereocenters. The van der Waals surface area contributed by atoms with Gasteiger partial charge in [0, 0.05) is 11.8 Å². The highest BCUT2D eigenvalue weighted by atomic mass is 16.5. The average molecular weight is 242 g/mol. The lowest BCUT2D eigenvalue weighted by Crippen LogP contribution is -1.99. The van der Waals surface area contributed by atoms with E-state index >= 15 is 0 Å². The van der Waals surface area contributed by atoms with Gasteiger partial charge in [0.25, 0.3) is 0 Å². The lowest BCUT2D eigenvalue weighted by atomic mass is 10.2. The molecule has 0 aliphatic carbocycles. The van der Waals surface area contributed by atoms with Gasteiger partial charge in [-0.1, -0.05) is 12.1 Å². The standard InChI is InChI=1S/C14H14N2O2/c1-2-18-13-6-4-3-5-12(13)16-14-8-7-11(10-17)9-15-14/h3-10H,2H2,1H3,(H,15,16). The first-order valence-corrected chi connectivity index (χ1v) is 5.73. The highest BCUT2D eigenvalue weighted by Gasteiger charge is 2.03. The molecule has 0 bridgehead atoms. The molecule has 4 nitrogen and oxygen atoms in total. The average Bonchev–Trinajstić information content (AvgIpc) is 2.42. The van der Waals surface area contributed by atoms with E-state index in [2.05, 4.69) is 10.3 Å². The van der Waals surface area contributed by atoms with Crippen molar-refractivity contribution >= 4 is 17.8 Å². The minimum Gasteiger partial charge on any atom is -0.492 e. The molecule has 0 saturated carbocycles. The number of ether oxygens (including phenoxy) is 1. The molecule has 2 aromatic rings. The molecule has 92 valence electrons. The Balaban J connectivity index is 2.19. The van der Waals surface area contributed by atoms with Crippen molar-refractivity contribution in [2.24, 2.45) is 0 Å². The number of aldehydes is 1. The second-order valence-electron chi connectivity index (χ2n) is 3.65. The summed E-state index contributed by atoms with van der Waals surface area (Å²) in [7, 11) is 0. The molecule has 0 fully saturated rings. The number of carbonyl (C=O) groups excluding carboxylic acids is 1. The maximum absolute atomic E-state index is 10.5. The van der Waals surface area contributed by atoms with E-state index in [1.165, 1.54) is 6.20 Å². The molecular formula is C14H14N2O2. The Labute approximate surface area is 106 Å². The third-order valence-electron chi connectivity index (χ3n) is 2.37. The van der Waals surface area contributed by atoms with Crippen molar-refractivity contribution in [2.45, 2.75) is 6.92 Å². The fourth-order valence-electron chi connectivity index (χ4n) is 1.54. The summed E-state index contributed by atoms with van der Waals surface area (Å²) >= 11 is 0. The van der Waals surface area contributed by atoms with Crippen molar-refractivity contribution in [2.75, 3.05) is 11.9 Å². The third kappa shape index (κ3) is 2.85. The minimum absolute atomic E-state index is 0.554. The lowest BCUT2D eigenvalue weighted by molar-refractivity contribution is 0.112. The van der Waals surface area contributed by atoms with E-state index in [1.54, 1.807) is 12.1 Å². The van der Waals surface area contributed by atoms with Gasteiger partial charge < -0.3 is 10.1 Å². The van der Waals surface area contributed by atoms with Crippen LogP contribution in [0, 0.1) is 0 Å². The molecule has 4 heteroatoms. The molecular weight excluding hydrogens is 228 g/mol. The van der Waals surface area contributed by atoms with Gasteiger partial charge in [0.2, 0.25) is 0 Å². The molecule has 1 aromatic carbocycles. The first kappa shape index (κ1) is 12.1. The summed E-state index contributed by atoms with van der Waals surface area (Å²) in [4.78, 5) is 14.7. The van der Waals surface area contributed by atoms with Crippen LogP contribution < -0.4 is 10.1 Å². The Morgan fingerprint density at radius 2 is 2.11 bits per heavy atom. The number of nitrogens with one attached hydrogen (secondary N) is 1. The van der Waals surface area contributed by atoms with Crippen LogP contribution in [0.15, 0.2) is 42.6 Å². The van der Waals surface area contributed by atoms with Gasteiger partial charge in [0.15, 0.2) is 6.29 Å². The molecule has 1 heterocycles. The monoisotopic (exact) mass is 242 g/mol. The van der Waals surface area contributed by atoms with Crippen molar-refractivity contribution in [1.82, 2.24) is 4.98 Å². The molecule has 0 amide bonds. The smallest absolute Gasteiger partial charge is 0.151 e. The predicted octanol–water partition coefficient (Wildman–Crippen LogP) is 3.04. The number of aromatic nitrogens is 1. The van der Waals surface area contributed by atoms with Crippen molar-refractivity contribution in [1.29, 1.82) is 0 Å². The van der Waals surface area contributed by atoms with E-state index in [-0.39, 0.29) is 0 Å². The first-order chi connectivity index (χ1) is 8.83. The van der Waals surface area contributed by atoms with E-state index in [1.807, 2.05) is 31.2 Å². The second kappa shape index (κ2) is 5.82. The molecule has 18 heavy (non-hydrogen) atoms. The van der Waals surface area contributed by atoms with Crippen LogP contribution in [0.5, 0.6) is 5.75 Å². The highest BCUT2D eigenvalue weighted by Crippen LogP contribution is 2.26. The number of pyridine rings is 1. The Bertz CT molecular complexity index is 524. The first-order valence-electron chi connectivity index (χ1n) is 5.73. The second-order valence-corrected chi connectivity index (χ2v) is 3.65. The van der Waals surface area contributed by atoms with Gasteiger partial charge in [-0.3, -0.25) is 4.79 Å². The molecule has 0 spiro atoms. The summed E-state index contributed by atoms with van der Waals surface area (Å²) in [6.45, 7) is 2.55. The number of para-hydroxylation sites is 2. The van der Waals surface area contributed by atoms with E-state index in [0.717, 1.165) is 17.7 Å². The van der Waals surface area contributed by atoms with Crippen LogP contribution in [0.25, 0.3) is 0 Å². The van der Waals surface area contributed by atoms with Gasteiger partial charge in [-0.05, 0) is 31.2 Å². The quantitative estimate of drug-likeness (QED) is 0.819. The van der Waals surface area contributed by atoms with Gasteiger partial charge in [-0.2, -0.15) is 0 Å². The van der Waals surface area contributed by atoms with Gasteiger partial charge in [0.1, 0.15) is 11.6 Å². The summed E-state index contributed by atoms with van der Waals surface area (Å²) < 4.78 is 5.51. The van der Waals surface area contributed by atoms with E-state index in [0.29, 0.717) is 18.0 Å². The Hall–Kier alpha value is -2.36. The number of carbonyl (C=O) groups is 1. The number of hydrogen-bond donors (Lipinski definition) is 1. The van der Waals surface area contributed by atoms with Crippen LogP contribution in [0.2, 0.25) is 0 Å². The topological polar surface area (TPSA) is 51.2 Å². The largest absolute Gasteiger partial charge is 0.492 e. The number of benzene rings is 1. The van der Waals surface area contributed by atoms with Crippen LogP contribution >= 0.6 is 0 Å². The molecule has 0 saturated heterocycles. The molecule has 2 rings (SSSR count). The predicted molar refractivity (Wildman–Crippen MR) is 70.5 cm³/mol. The lowest BCUT2D eigenvalue weighted by Gasteiger charge is -2.11. The van der Waals surface area contributed by atoms with E-state index in [4.69, 9.17) is 4.74 Å². The summed E-state index contributed by atoms with van der Waals surface area (Å²) in [6.07, 6.45) is 2.30. The van der Waals surface area contributed by atoms with Crippen molar-refractivity contribution in [3.8, 4) is 5.75 Å². The van der Waals surface area contributed by atoms with Crippen molar-refractivity contribution in [3.05, 3.63) is 48.2 Å². The zero-order valence-electron chi connectivity index (χ0n) is 10.1. The van der Waals surface area contributed by atoms with Gasteiger partial charge in [-0.15, -0.1) is 0 Å². The Kier molecular flexibility index (Phi) is 3.91. The third-order valence-corrected chi connectivity index (χ3v) is 2.37. The maximum atomic E-state index is 10.5. The zero-order chi connectivity index (χ0) is 12.8. The number of rotatable bonds is 5. The van der Waals surface area contributed by atoms with E-state index in [9.17, 15) is 4.79 Å². The van der Waals surface area contributed by atoms with Gasteiger partial charge in [0.05, 0.1) is 12.3 Å². The summed E-state index contributed by atoms with van der Waals surface area (Å²) in [6, 6.07) is 11.1. The molecule has 0 atom stereocenters. The van der Waals surface area contributed by atoms with Crippen LogP contribution in [-0.4, -0.2) is 17.9 Å². The summed E-state index contributed by atoms with van der Waals surface area (Å²) in [5.74, 6) is 1.45. The number of anilines is 2. The van der Waals surface area contributed by atoms with Crippen LogP contribution in [0.4, 0.5) is 11.5 Å². The number of nitrogens with zero attached hydrogens (tertiary/aromatic N) is 1.